The minimum absolute atomic E-state index is 0.164. The van der Waals surface area contributed by atoms with E-state index in [0.29, 0.717) is 13.0 Å². The summed E-state index contributed by atoms with van der Waals surface area (Å²) in [5.74, 6) is 1.82. The molecule has 0 bridgehead atoms. The lowest BCUT2D eigenvalue weighted by atomic mass is 9.86. The van der Waals surface area contributed by atoms with Gasteiger partial charge < -0.3 is 9.47 Å². The molecule has 1 aliphatic rings. The lowest BCUT2D eigenvalue weighted by Gasteiger charge is -2.36. The Bertz CT molecular complexity index is 919. The summed E-state index contributed by atoms with van der Waals surface area (Å²) in [7, 11) is -3.85. The van der Waals surface area contributed by atoms with Crippen LogP contribution in [-0.2, 0) is 16.5 Å². The third kappa shape index (κ3) is 8.92. The van der Waals surface area contributed by atoms with Crippen LogP contribution in [0.4, 0.5) is 0 Å². The van der Waals surface area contributed by atoms with Gasteiger partial charge in [0.2, 0.25) is 0 Å². The average molecular weight is 495 g/mol. The lowest BCUT2D eigenvalue weighted by molar-refractivity contribution is 0.112. The van der Waals surface area contributed by atoms with Crippen LogP contribution >= 0.6 is 0 Å². The summed E-state index contributed by atoms with van der Waals surface area (Å²) < 4.78 is 43.2. The second-order valence-corrected chi connectivity index (χ2v) is 11.7. The van der Waals surface area contributed by atoms with Gasteiger partial charge in [0.25, 0.3) is 10.1 Å². The Morgan fingerprint density at radius 1 is 0.971 bits per heavy atom. The van der Waals surface area contributed by atoms with E-state index in [1.165, 1.54) is 43.2 Å². The molecule has 0 aromatic heterocycles. The van der Waals surface area contributed by atoms with E-state index in [2.05, 4.69) is 46.8 Å². The zero-order valence-electron chi connectivity index (χ0n) is 22.0. The minimum atomic E-state index is -3.85. The van der Waals surface area contributed by atoms with E-state index >= 15 is 0 Å². The van der Waals surface area contributed by atoms with Gasteiger partial charge in [-0.15, -0.1) is 0 Å². The highest BCUT2D eigenvalue weighted by molar-refractivity contribution is 7.85. The van der Waals surface area contributed by atoms with Gasteiger partial charge >= 0.3 is 0 Å². The largest absolute Gasteiger partial charge is 0.493 e. The summed E-state index contributed by atoms with van der Waals surface area (Å²) >= 11 is 0. The molecular formula is C28H46O5S. The van der Waals surface area contributed by atoms with Crippen LogP contribution in [0.5, 0.6) is 11.5 Å². The van der Waals surface area contributed by atoms with Crippen molar-refractivity contribution < 1.29 is 22.4 Å². The highest BCUT2D eigenvalue weighted by atomic mass is 32.2. The molecule has 0 amide bonds. The fourth-order valence-corrected chi connectivity index (χ4v) is 5.27. The van der Waals surface area contributed by atoms with Gasteiger partial charge in [-0.3, -0.25) is 4.55 Å². The topological polar surface area (TPSA) is 72.8 Å². The molecule has 1 heterocycles. The van der Waals surface area contributed by atoms with E-state index < -0.39 is 10.1 Å². The molecule has 0 saturated carbocycles. The molecule has 34 heavy (non-hydrogen) atoms. The first-order chi connectivity index (χ1) is 16.1. The average Bonchev–Trinajstić information content (AvgIpc) is 2.77. The lowest BCUT2D eigenvalue weighted by Crippen LogP contribution is -2.35. The molecule has 5 nitrogen and oxygen atoms in total. The van der Waals surface area contributed by atoms with Gasteiger partial charge in [0.1, 0.15) is 17.1 Å². The van der Waals surface area contributed by atoms with Crippen LogP contribution in [0.25, 0.3) is 0 Å². The number of unbranched alkanes of at least 4 members (excludes halogenated alkanes) is 8. The molecular weight excluding hydrogens is 448 g/mol. The molecule has 0 aliphatic carbocycles. The zero-order chi connectivity index (χ0) is 25.2. The van der Waals surface area contributed by atoms with E-state index in [9.17, 15) is 8.42 Å². The van der Waals surface area contributed by atoms with Gasteiger partial charge in [-0.25, -0.2) is 0 Å². The predicted molar refractivity (Wildman–Crippen MR) is 141 cm³/mol. The number of hydrogen-bond acceptors (Lipinski definition) is 4. The maximum Gasteiger partial charge on any atom is 0.264 e. The Morgan fingerprint density at radius 3 is 2.35 bits per heavy atom. The minimum Gasteiger partial charge on any atom is -0.493 e. The van der Waals surface area contributed by atoms with Crippen LogP contribution in [0.3, 0.4) is 0 Å². The number of hydrogen-bond donors (Lipinski definition) is 1. The monoisotopic (exact) mass is 494 g/mol. The molecule has 0 radical (unpaired) electrons. The smallest absolute Gasteiger partial charge is 0.264 e. The maximum atomic E-state index is 10.8. The molecule has 1 aliphatic heterocycles. The first-order valence-electron chi connectivity index (χ1n) is 13.2. The maximum absolute atomic E-state index is 10.8. The first kappa shape index (κ1) is 28.7. The van der Waals surface area contributed by atoms with Gasteiger partial charge in [0.05, 0.1) is 12.4 Å². The zero-order valence-corrected chi connectivity index (χ0v) is 22.9. The molecule has 2 rings (SSSR count). The molecule has 0 fully saturated rings. The normalized spacial score (nSPS) is 18.2. The van der Waals surface area contributed by atoms with Crippen molar-refractivity contribution in [3.05, 3.63) is 34.4 Å². The van der Waals surface area contributed by atoms with Gasteiger partial charge in [-0.2, -0.15) is 8.42 Å². The molecule has 6 heteroatoms. The standard InChI is InChI=1S/C28H46O5S/c1-6-7-8-9-10-11-14-18-28(5)19-17-25-24(4)26(22(2)23(3)27(25)33-28)32-20-15-12-13-16-21-34(29,30)31/h14,18H,6-13,15-17,19-21H2,1-5H3,(H,29,30,31)/b18-14+. The summed E-state index contributed by atoms with van der Waals surface area (Å²) in [6, 6.07) is 0. The van der Waals surface area contributed by atoms with Crippen LogP contribution in [0.15, 0.2) is 12.2 Å². The fraction of sp³-hybridized carbons (Fsp3) is 0.714. The predicted octanol–water partition coefficient (Wildman–Crippen LogP) is 7.44. The molecule has 1 unspecified atom stereocenters. The molecule has 1 aromatic rings. The summed E-state index contributed by atoms with van der Waals surface area (Å²) in [4.78, 5) is 0. The molecule has 1 aromatic carbocycles. The quantitative estimate of drug-likeness (QED) is 0.156. The molecule has 0 spiro atoms. The molecule has 194 valence electrons. The van der Waals surface area contributed by atoms with Crippen LogP contribution in [0.1, 0.15) is 107 Å². The van der Waals surface area contributed by atoms with Crippen molar-refractivity contribution in [3.63, 3.8) is 0 Å². The number of benzene rings is 1. The van der Waals surface area contributed by atoms with Gasteiger partial charge in [-0.05, 0) is 89.0 Å². The third-order valence-electron chi connectivity index (χ3n) is 7.01. The number of rotatable bonds is 15. The number of allylic oxidation sites excluding steroid dienone is 1. The van der Waals surface area contributed by atoms with Crippen molar-refractivity contribution >= 4 is 10.1 Å². The number of ether oxygens (including phenoxy) is 2. The Kier molecular flexibility index (Phi) is 11.4. The van der Waals surface area contributed by atoms with Crippen molar-refractivity contribution in [2.45, 2.75) is 117 Å². The van der Waals surface area contributed by atoms with E-state index in [-0.39, 0.29) is 11.4 Å². The Balaban J connectivity index is 1.93. The number of fused-ring (bicyclic) bond motifs is 1. The van der Waals surface area contributed by atoms with E-state index in [1.54, 1.807) is 0 Å². The molecule has 0 saturated heterocycles. The summed E-state index contributed by atoms with van der Waals surface area (Å²) in [5.41, 5.74) is 4.46. The highest BCUT2D eigenvalue weighted by Gasteiger charge is 2.32. The second-order valence-electron chi connectivity index (χ2n) is 10.1. The van der Waals surface area contributed by atoms with Crippen molar-refractivity contribution in [1.29, 1.82) is 0 Å². The van der Waals surface area contributed by atoms with Crippen molar-refractivity contribution in [3.8, 4) is 11.5 Å². The van der Waals surface area contributed by atoms with Gasteiger partial charge in [0.15, 0.2) is 0 Å². The van der Waals surface area contributed by atoms with Gasteiger partial charge in [0, 0.05) is 5.56 Å². The van der Waals surface area contributed by atoms with E-state index in [1.807, 2.05) is 0 Å². The van der Waals surface area contributed by atoms with Crippen LogP contribution in [0, 0.1) is 20.8 Å². The van der Waals surface area contributed by atoms with Crippen LogP contribution < -0.4 is 9.47 Å². The Labute approximate surface area is 208 Å². The molecule has 1 N–H and O–H groups in total. The van der Waals surface area contributed by atoms with E-state index in [4.69, 9.17) is 14.0 Å². The highest BCUT2D eigenvalue weighted by Crippen LogP contribution is 2.44. The third-order valence-corrected chi connectivity index (χ3v) is 7.81. The Hall–Kier alpha value is -1.53. The van der Waals surface area contributed by atoms with Crippen molar-refractivity contribution in [1.82, 2.24) is 0 Å². The van der Waals surface area contributed by atoms with Crippen LogP contribution in [0.2, 0.25) is 0 Å². The SMILES string of the molecule is CCCCCCC/C=C/C1(C)CCc2c(C)c(OCCCCCCS(=O)(=O)O)c(C)c(C)c2O1. The first-order valence-corrected chi connectivity index (χ1v) is 14.8. The fourth-order valence-electron chi connectivity index (χ4n) is 4.70. The van der Waals surface area contributed by atoms with Crippen molar-refractivity contribution in [2.75, 3.05) is 12.4 Å². The van der Waals surface area contributed by atoms with E-state index in [0.717, 1.165) is 61.2 Å². The van der Waals surface area contributed by atoms with Gasteiger partial charge in [-0.1, -0.05) is 51.5 Å². The van der Waals surface area contributed by atoms with Crippen molar-refractivity contribution in [2.24, 2.45) is 0 Å². The summed E-state index contributed by atoms with van der Waals surface area (Å²) in [6.07, 6.45) is 17.1. The summed E-state index contributed by atoms with van der Waals surface area (Å²) in [6.45, 7) is 11.4. The summed E-state index contributed by atoms with van der Waals surface area (Å²) in [5, 5.41) is 0. The van der Waals surface area contributed by atoms with Crippen LogP contribution in [-0.4, -0.2) is 30.9 Å². The second kappa shape index (κ2) is 13.5. The molecule has 1 atom stereocenters. The Morgan fingerprint density at radius 2 is 1.65 bits per heavy atom.